The maximum atomic E-state index is 12.7. The van der Waals surface area contributed by atoms with Gasteiger partial charge in [-0.2, -0.15) is 0 Å². The molecule has 4 rings (SSSR count). The summed E-state index contributed by atoms with van der Waals surface area (Å²) in [7, 11) is 1.73. The minimum absolute atomic E-state index is 0.0605. The van der Waals surface area contributed by atoms with Gasteiger partial charge in [-0.3, -0.25) is 19.9 Å². The van der Waals surface area contributed by atoms with Crippen molar-refractivity contribution in [1.29, 1.82) is 0 Å². The molecule has 1 aliphatic rings. The summed E-state index contributed by atoms with van der Waals surface area (Å²) in [5.74, 6) is 0.357. The average molecular weight is 321 g/mol. The van der Waals surface area contributed by atoms with E-state index >= 15 is 0 Å². The number of aliphatic imine (C=N–C) groups is 1. The van der Waals surface area contributed by atoms with Crippen LogP contribution in [0.2, 0.25) is 0 Å². The maximum absolute atomic E-state index is 12.7. The van der Waals surface area contributed by atoms with Gasteiger partial charge in [0.25, 0.3) is 5.69 Å². The SMILES string of the molecule is CN1c2ccc([N+](=O)[O-])cc2N=Cc2c1oc1ccccc1c2=O. The summed E-state index contributed by atoms with van der Waals surface area (Å²) in [5, 5.41) is 11.4. The number of nitro benzene ring substituents is 1. The summed E-state index contributed by atoms with van der Waals surface area (Å²) in [5.41, 5.74) is 1.57. The van der Waals surface area contributed by atoms with E-state index in [2.05, 4.69) is 4.99 Å². The number of rotatable bonds is 1. The summed E-state index contributed by atoms with van der Waals surface area (Å²) in [6.07, 6.45) is 1.40. The van der Waals surface area contributed by atoms with Gasteiger partial charge in [-0.1, -0.05) is 12.1 Å². The third-order valence-electron chi connectivity index (χ3n) is 3.98. The molecule has 0 saturated carbocycles. The van der Waals surface area contributed by atoms with Crippen LogP contribution in [0, 0.1) is 10.1 Å². The Labute approximate surface area is 135 Å². The van der Waals surface area contributed by atoms with E-state index in [1.807, 2.05) is 0 Å². The monoisotopic (exact) mass is 321 g/mol. The third kappa shape index (κ3) is 1.98. The number of para-hydroxylation sites is 1. The Morgan fingerprint density at radius 1 is 1.21 bits per heavy atom. The number of nitrogens with zero attached hydrogens (tertiary/aromatic N) is 3. The second kappa shape index (κ2) is 5.02. The second-order valence-corrected chi connectivity index (χ2v) is 5.39. The van der Waals surface area contributed by atoms with Gasteiger partial charge in [0.15, 0.2) is 0 Å². The van der Waals surface area contributed by atoms with Gasteiger partial charge in [-0.25, -0.2) is 0 Å². The standard InChI is InChI=1S/C17H11N3O4/c1-19-14-7-6-10(20(22)23)8-13(14)18-9-12-16(21)11-4-2-3-5-15(11)24-17(12)19/h2-9H,1H3. The molecule has 0 N–H and O–H groups in total. The molecule has 0 spiro atoms. The fraction of sp³-hybridized carbons (Fsp3) is 0.0588. The van der Waals surface area contributed by atoms with Crippen LogP contribution in [0.3, 0.4) is 0 Å². The molecule has 2 heterocycles. The number of anilines is 2. The quantitative estimate of drug-likeness (QED) is 0.505. The van der Waals surface area contributed by atoms with E-state index in [0.717, 1.165) is 0 Å². The van der Waals surface area contributed by atoms with Crippen LogP contribution in [0.1, 0.15) is 5.56 Å². The van der Waals surface area contributed by atoms with Gasteiger partial charge in [-0.05, 0) is 18.2 Å². The summed E-state index contributed by atoms with van der Waals surface area (Å²) in [6, 6.07) is 11.3. The van der Waals surface area contributed by atoms with Crippen LogP contribution in [0.15, 0.2) is 56.7 Å². The molecular formula is C17H11N3O4. The first kappa shape index (κ1) is 14.1. The molecular weight excluding hydrogens is 310 g/mol. The number of fused-ring (bicyclic) bond motifs is 3. The highest BCUT2D eigenvalue weighted by atomic mass is 16.6. The number of nitro groups is 1. The fourth-order valence-corrected chi connectivity index (χ4v) is 2.76. The minimum atomic E-state index is -0.481. The van der Waals surface area contributed by atoms with Crippen LogP contribution in [0.4, 0.5) is 22.9 Å². The van der Waals surface area contributed by atoms with Gasteiger partial charge in [-0.15, -0.1) is 0 Å². The molecule has 118 valence electrons. The Hall–Kier alpha value is -3.48. The van der Waals surface area contributed by atoms with Crippen molar-refractivity contribution in [3.8, 4) is 0 Å². The number of hydrogen-bond acceptors (Lipinski definition) is 6. The van der Waals surface area contributed by atoms with Gasteiger partial charge in [0.1, 0.15) is 11.1 Å². The van der Waals surface area contributed by atoms with Crippen molar-refractivity contribution in [1.82, 2.24) is 0 Å². The van der Waals surface area contributed by atoms with Crippen molar-refractivity contribution in [3.05, 3.63) is 68.4 Å². The van der Waals surface area contributed by atoms with Gasteiger partial charge < -0.3 is 9.32 Å². The molecule has 0 aliphatic carbocycles. The topological polar surface area (TPSA) is 88.9 Å². The van der Waals surface area contributed by atoms with Crippen molar-refractivity contribution < 1.29 is 9.34 Å². The lowest BCUT2D eigenvalue weighted by molar-refractivity contribution is -0.384. The highest BCUT2D eigenvalue weighted by Gasteiger charge is 2.23. The lowest BCUT2D eigenvalue weighted by Gasteiger charge is -2.19. The van der Waals surface area contributed by atoms with Crippen molar-refractivity contribution in [2.45, 2.75) is 0 Å². The first-order chi connectivity index (χ1) is 11.6. The third-order valence-corrected chi connectivity index (χ3v) is 3.98. The molecule has 2 aromatic carbocycles. The van der Waals surface area contributed by atoms with E-state index in [1.165, 1.54) is 18.3 Å². The summed E-state index contributed by atoms with van der Waals surface area (Å²) >= 11 is 0. The number of hydrogen-bond donors (Lipinski definition) is 0. The average Bonchev–Trinajstić information content (AvgIpc) is 2.72. The van der Waals surface area contributed by atoms with Gasteiger partial charge in [0, 0.05) is 25.4 Å². The summed E-state index contributed by atoms with van der Waals surface area (Å²) in [6.45, 7) is 0. The second-order valence-electron chi connectivity index (χ2n) is 5.39. The maximum Gasteiger partial charge on any atom is 0.271 e. The number of non-ortho nitro benzene ring substituents is 1. The van der Waals surface area contributed by atoms with Crippen molar-refractivity contribution >= 4 is 40.1 Å². The molecule has 0 fully saturated rings. The molecule has 0 atom stereocenters. The predicted molar refractivity (Wildman–Crippen MR) is 90.9 cm³/mol. The first-order valence-electron chi connectivity index (χ1n) is 7.18. The molecule has 0 radical (unpaired) electrons. The Bertz CT molecular complexity index is 1080. The summed E-state index contributed by atoms with van der Waals surface area (Å²) < 4.78 is 5.89. The molecule has 24 heavy (non-hydrogen) atoms. The van der Waals surface area contributed by atoms with E-state index in [1.54, 1.807) is 42.3 Å². The van der Waals surface area contributed by atoms with Gasteiger partial charge >= 0.3 is 0 Å². The van der Waals surface area contributed by atoms with Crippen molar-refractivity contribution in [3.63, 3.8) is 0 Å². The molecule has 0 saturated heterocycles. The van der Waals surface area contributed by atoms with Gasteiger partial charge in [0.2, 0.25) is 11.3 Å². The van der Waals surface area contributed by atoms with E-state index < -0.39 is 4.92 Å². The van der Waals surface area contributed by atoms with E-state index in [9.17, 15) is 14.9 Å². The first-order valence-corrected chi connectivity index (χ1v) is 7.18. The molecule has 7 nitrogen and oxygen atoms in total. The van der Waals surface area contributed by atoms with Crippen LogP contribution in [0.5, 0.6) is 0 Å². The Balaban J connectivity index is 2.01. The Morgan fingerprint density at radius 2 is 2.00 bits per heavy atom. The van der Waals surface area contributed by atoms with Crippen LogP contribution in [-0.2, 0) is 0 Å². The molecule has 1 aromatic heterocycles. The normalized spacial score (nSPS) is 12.6. The minimum Gasteiger partial charge on any atom is -0.439 e. The fourth-order valence-electron chi connectivity index (χ4n) is 2.76. The van der Waals surface area contributed by atoms with Crippen LogP contribution >= 0.6 is 0 Å². The smallest absolute Gasteiger partial charge is 0.271 e. The van der Waals surface area contributed by atoms with Crippen LogP contribution in [-0.4, -0.2) is 18.2 Å². The zero-order valence-electron chi connectivity index (χ0n) is 12.6. The molecule has 0 unspecified atom stereocenters. The molecule has 0 bridgehead atoms. The van der Waals surface area contributed by atoms with Gasteiger partial charge in [0.05, 0.1) is 21.7 Å². The zero-order valence-corrected chi connectivity index (χ0v) is 12.6. The predicted octanol–water partition coefficient (Wildman–Crippen LogP) is 3.53. The summed E-state index contributed by atoms with van der Waals surface area (Å²) in [4.78, 5) is 29.1. The van der Waals surface area contributed by atoms with E-state index in [4.69, 9.17) is 4.42 Å². The molecule has 1 aliphatic heterocycles. The Morgan fingerprint density at radius 3 is 2.79 bits per heavy atom. The van der Waals surface area contributed by atoms with E-state index in [-0.39, 0.29) is 11.1 Å². The highest BCUT2D eigenvalue weighted by Crippen LogP contribution is 2.39. The largest absolute Gasteiger partial charge is 0.439 e. The highest BCUT2D eigenvalue weighted by molar-refractivity contribution is 5.97. The van der Waals surface area contributed by atoms with Crippen LogP contribution in [0.25, 0.3) is 11.0 Å². The number of benzene rings is 2. The Kier molecular flexibility index (Phi) is 2.96. The lowest BCUT2D eigenvalue weighted by atomic mass is 10.1. The molecule has 7 heteroatoms. The van der Waals surface area contributed by atoms with Crippen molar-refractivity contribution in [2.75, 3.05) is 11.9 Å². The van der Waals surface area contributed by atoms with Crippen LogP contribution < -0.4 is 10.3 Å². The lowest BCUT2D eigenvalue weighted by Crippen LogP contribution is -2.17. The van der Waals surface area contributed by atoms with E-state index in [0.29, 0.717) is 33.8 Å². The zero-order chi connectivity index (χ0) is 16.8. The molecule has 0 amide bonds. The molecule has 3 aromatic rings. The van der Waals surface area contributed by atoms with Crippen molar-refractivity contribution in [2.24, 2.45) is 4.99 Å².